The molecular weight excluding hydrogens is 396 g/mol. The van der Waals surface area contributed by atoms with Gasteiger partial charge in [0.15, 0.2) is 5.82 Å². The fourth-order valence-corrected chi connectivity index (χ4v) is 3.46. The Morgan fingerprint density at radius 1 is 1.23 bits per heavy atom. The molecule has 0 spiro atoms. The Kier molecular flexibility index (Phi) is 4.96. The third-order valence-electron chi connectivity index (χ3n) is 5.22. The lowest BCUT2D eigenvalue weighted by atomic mass is 9.86. The lowest BCUT2D eigenvalue weighted by Gasteiger charge is -2.16. The van der Waals surface area contributed by atoms with Crippen molar-refractivity contribution in [1.29, 1.82) is 0 Å². The molecule has 1 aliphatic heterocycles. The first-order valence-electron chi connectivity index (χ1n) is 9.98. The lowest BCUT2D eigenvalue weighted by molar-refractivity contribution is -0.119. The first kappa shape index (κ1) is 20.5. The van der Waals surface area contributed by atoms with Gasteiger partial charge < -0.3 is 15.4 Å². The average molecular weight is 420 g/mol. The van der Waals surface area contributed by atoms with Crippen LogP contribution in [0, 0.1) is 6.92 Å². The Bertz CT molecular complexity index is 1180. The van der Waals surface area contributed by atoms with Crippen molar-refractivity contribution < 1.29 is 14.3 Å². The number of carbonyl (C=O) groups is 2. The molecule has 1 aliphatic rings. The fraction of sp³-hybridized carbons (Fsp3) is 0.318. The van der Waals surface area contributed by atoms with Crippen LogP contribution in [0.4, 0.5) is 11.4 Å². The van der Waals surface area contributed by atoms with E-state index in [-0.39, 0.29) is 17.9 Å². The van der Waals surface area contributed by atoms with E-state index in [1.165, 1.54) is 12.5 Å². The number of rotatable bonds is 5. The molecule has 9 nitrogen and oxygen atoms in total. The summed E-state index contributed by atoms with van der Waals surface area (Å²) >= 11 is 0. The number of hydrogen-bond donors (Lipinski definition) is 2. The molecule has 0 atom stereocenters. The summed E-state index contributed by atoms with van der Waals surface area (Å²) in [6, 6.07) is 7.06. The number of benzene rings is 1. The summed E-state index contributed by atoms with van der Waals surface area (Å²) in [5.74, 6) is 0.580. The molecule has 2 amide bonds. The highest BCUT2D eigenvalue weighted by Gasteiger charge is 2.38. The number of carbonyl (C=O) groups excluding carboxylic acids is 2. The minimum Gasteiger partial charge on any atom is -0.475 e. The lowest BCUT2D eigenvalue weighted by Crippen LogP contribution is -2.26. The molecule has 0 saturated carbocycles. The molecule has 160 valence electrons. The maximum Gasteiger partial charge on any atom is 0.259 e. The third-order valence-corrected chi connectivity index (χ3v) is 5.22. The Hall–Kier alpha value is -3.75. The molecule has 0 saturated heterocycles. The largest absolute Gasteiger partial charge is 0.475 e. The number of nitrogens with one attached hydrogen (secondary N) is 2. The maximum atomic E-state index is 12.9. The van der Waals surface area contributed by atoms with E-state index >= 15 is 0 Å². The van der Waals surface area contributed by atoms with E-state index in [0.29, 0.717) is 28.6 Å². The SMILES string of the molecule is Cc1c(C(=O)Nc2ccc3c(c2)C(C)(C)C(=O)N3)cnn1-c1cc(OC(C)C)ncn1. The van der Waals surface area contributed by atoms with E-state index in [0.717, 1.165) is 11.3 Å². The van der Waals surface area contributed by atoms with Crippen molar-refractivity contribution in [3.05, 3.63) is 53.6 Å². The first-order valence-corrected chi connectivity index (χ1v) is 9.98. The van der Waals surface area contributed by atoms with E-state index in [9.17, 15) is 9.59 Å². The highest BCUT2D eigenvalue weighted by Crippen LogP contribution is 2.38. The van der Waals surface area contributed by atoms with Gasteiger partial charge in [0.05, 0.1) is 29.0 Å². The molecule has 0 radical (unpaired) electrons. The second-order valence-electron chi connectivity index (χ2n) is 8.23. The second-order valence-corrected chi connectivity index (χ2v) is 8.23. The minimum absolute atomic E-state index is 0.0226. The molecule has 2 N–H and O–H groups in total. The van der Waals surface area contributed by atoms with E-state index in [1.54, 1.807) is 29.8 Å². The van der Waals surface area contributed by atoms with Crippen LogP contribution in [0.25, 0.3) is 5.82 Å². The highest BCUT2D eigenvalue weighted by molar-refractivity contribution is 6.08. The van der Waals surface area contributed by atoms with Crippen molar-refractivity contribution in [2.45, 2.75) is 46.1 Å². The number of aromatic nitrogens is 4. The van der Waals surface area contributed by atoms with Crippen molar-refractivity contribution in [1.82, 2.24) is 19.7 Å². The molecular formula is C22H24N6O3. The van der Waals surface area contributed by atoms with Gasteiger partial charge in [0, 0.05) is 17.4 Å². The Morgan fingerprint density at radius 2 is 2.00 bits per heavy atom. The van der Waals surface area contributed by atoms with E-state index in [2.05, 4.69) is 25.7 Å². The fourth-order valence-electron chi connectivity index (χ4n) is 3.46. The zero-order valence-corrected chi connectivity index (χ0v) is 18.1. The topological polar surface area (TPSA) is 111 Å². The molecule has 1 aromatic carbocycles. The Labute approximate surface area is 179 Å². The minimum atomic E-state index is -0.653. The molecule has 0 fully saturated rings. The summed E-state index contributed by atoms with van der Waals surface area (Å²) in [4.78, 5) is 33.4. The smallest absolute Gasteiger partial charge is 0.259 e. The van der Waals surface area contributed by atoms with Crippen molar-refractivity contribution in [2.24, 2.45) is 0 Å². The predicted molar refractivity (Wildman–Crippen MR) is 116 cm³/mol. The maximum absolute atomic E-state index is 12.9. The van der Waals surface area contributed by atoms with Crippen LogP contribution in [-0.4, -0.2) is 37.7 Å². The van der Waals surface area contributed by atoms with Crippen molar-refractivity contribution >= 4 is 23.2 Å². The molecule has 31 heavy (non-hydrogen) atoms. The second kappa shape index (κ2) is 7.50. The van der Waals surface area contributed by atoms with Gasteiger partial charge in [-0.3, -0.25) is 9.59 Å². The summed E-state index contributed by atoms with van der Waals surface area (Å²) in [5.41, 5.74) is 2.61. The first-order chi connectivity index (χ1) is 14.7. The molecule has 9 heteroatoms. The van der Waals surface area contributed by atoms with Gasteiger partial charge in [0.2, 0.25) is 11.8 Å². The van der Waals surface area contributed by atoms with E-state index < -0.39 is 5.41 Å². The number of anilines is 2. The van der Waals surface area contributed by atoms with Gasteiger partial charge in [0.25, 0.3) is 5.91 Å². The van der Waals surface area contributed by atoms with Crippen LogP contribution < -0.4 is 15.4 Å². The van der Waals surface area contributed by atoms with Crippen molar-refractivity contribution in [3.63, 3.8) is 0 Å². The third kappa shape index (κ3) is 3.74. The molecule has 2 aromatic heterocycles. The van der Waals surface area contributed by atoms with Crippen molar-refractivity contribution in [2.75, 3.05) is 10.6 Å². The summed E-state index contributed by atoms with van der Waals surface area (Å²) < 4.78 is 7.18. The van der Waals surface area contributed by atoms with E-state index in [4.69, 9.17) is 4.74 Å². The number of hydrogen-bond acceptors (Lipinski definition) is 6. The van der Waals surface area contributed by atoms with Gasteiger partial charge >= 0.3 is 0 Å². The molecule has 0 bridgehead atoms. The zero-order valence-electron chi connectivity index (χ0n) is 18.1. The number of amides is 2. The number of nitrogens with zero attached hydrogens (tertiary/aromatic N) is 4. The van der Waals surface area contributed by atoms with Crippen molar-refractivity contribution in [3.8, 4) is 11.7 Å². The van der Waals surface area contributed by atoms with Gasteiger partial charge in [-0.25, -0.2) is 14.6 Å². The molecule has 3 heterocycles. The molecule has 4 rings (SSSR count). The predicted octanol–water partition coefficient (Wildman–Crippen LogP) is 3.24. The van der Waals surface area contributed by atoms with E-state index in [1.807, 2.05) is 33.8 Å². The average Bonchev–Trinajstić information content (AvgIpc) is 3.19. The van der Waals surface area contributed by atoms with Crippen LogP contribution >= 0.6 is 0 Å². The standard InChI is InChI=1S/C22H24N6O3/c1-12(2)31-19-9-18(23-11-24-19)28-13(3)15(10-25-28)20(29)26-14-6-7-17-16(8-14)22(4,5)21(30)27-17/h6-12H,1-5H3,(H,26,29)(H,27,30). The molecule has 0 aliphatic carbocycles. The summed E-state index contributed by atoms with van der Waals surface area (Å²) in [6.07, 6.45) is 2.87. The van der Waals surface area contributed by atoms with Gasteiger partial charge in [-0.15, -0.1) is 0 Å². The van der Waals surface area contributed by atoms with Crippen LogP contribution in [0.15, 0.2) is 36.8 Å². The molecule has 0 unspecified atom stereocenters. The zero-order chi connectivity index (χ0) is 22.3. The van der Waals surface area contributed by atoms with Gasteiger partial charge in [0.1, 0.15) is 6.33 Å². The van der Waals surface area contributed by atoms with Crippen LogP contribution in [0.1, 0.15) is 49.3 Å². The number of ether oxygens (including phenoxy) is 1. The summed E-state index contributed by atoms with van der Waals surface area (Å²) in [5, 5.41) is 10.1. The van der Waals surface area contributed by atoms with Gasteiger partial charge in [-0.1, -0.05) is 0 Å². The monoisotopic (exact) mass is 420 g/mol. The van der Waals surface area contributed by atoms with Crippen LogP contribution in [0.3, 0.4) is 0 Å². The van der Waals surface area contributed by atoms with Gasteiger partial charge in [-0.2, -0.15) is 5.10 Å². The number of fused-ring (bicyclic) bond motifs is 1. The summed E-state index contributed by atoms with van der Waals surface area (Å²) in [6.45, 7) is 9.33. The molecule has 3 aromatic rings. The van der Waals surface area contributed by atoms with Crippen LogP contribution in [0.5, 0.6) is 5.88 Å². The van der Waals surface area contributed by atoms with Crippen LogP contribution in [-0.2, 0) is 10.2 Å². The highest BCUT2D eigenvalue weighted by atomic mass is 16.5. The quantitative estimate of drug-likeness (QED) is 0.656. The Balaban J connectivity index is 1.57. The normalized spacial score (nSPS) is 14.3. The Morgan fingerprint density at radius 3 is 2.74 bits per heavy atom. The van der Waals surface area contributed by atoms with Gasteiger partial charge in [-0.05, 0) is 58.4 Å². The van der Waals surface area contributed by atoms with Crippen LogP contribution in [0.2, 0.25) is 0 Å². The summed E-state index contributed by atoms with van der Waals surface area (Å²) in [7, 11) is 0.